The molecule has 1 saturated heterocycles. The number of methoxy groups -OCH3 is 1. The van der Waals surface area contributed by atoms with E-state index in [0.29, 0.717) is 17.3 Å². The summed E-state index contributed by atoms with van der Waals surface area (Å²) in [6, 6.07) is 9.46. The van der Waals surface area contributed by atoms with Gasteiger partial charge >= 0.3 is 0 Å². The van der Waals surface area contributed by atoms with Crippen molar-refractivity contribution in [3.05, 3.63) is 69.8 Å². The Bertz CT molecular complexity index is 1110. The van der Waals surface area contributed by atoms with E-state index in [1.54, 1.807) is 31.4 Å². The number of nitrogens with zero attached hydrogens (tertiary/aromatic N) is 3. The predicted molar refractivity (Wildman–Crippen MR) is 100 cm³/mol. The Morgan fingerprint density at radius 3 is 2.74 bits per heavy atom. The number of hydrogen-bond acceptors (Lipinski definition) is 4. The van der Waals surface area contributed by atoms with Crippen molar-refractivity contribution in [1.29, 1.82) is 0 Å². The molecule has 3 aromatic rings. The van der Waals surface area contributed by atoms with Gasteiger partial charge in [-0.25, -0.2) is 14.2 Å². The van der Waals surface area contributed by atoms with Gasteiger partial charge in [0.2, 0.25) is 5.69 Å². The van der Waals surface area contributed by atoms with E-state index in [1.807, 2.05) is 0 Å². The van der Waals surface area contributed by atoms with Crippen LogP contribution in [0.25, 0.3) is 21.4 Å². The second-order valence-corrected chi connectivity index (χ2v) is 6.39. The van der Waals surface area contributed by atoms with Crippen LogP contribution in [-0.2, 0) is 0 Å². The number of aromatic nitrogens is 2. The fourth-order valence-electron chi connectivity index (χ4n) is 3.42. The van der Waals surface area contributed by atoms with Crippen LogP contribution in [0.4, 0.5) is 10.1 Å². The summed E-state index contributed by atoms with van der Waals surface area (Å²) in [6.45, 7) is 7.94. The minimum atomic E-state index is -0.670. The molecule has 1 N–H and O–H groups in total. The van der Waals surface area contributed by atoms with Crippen LogP contribution in [0.1, 0.15) is 24.7 Å². The van der Waals surface area contributed by atoms with Crippen molar-refractivity contribution in [3.8, 4) is 11.4 Å². The second-order valence-electron chi connectivity index (χ2n) is 6.39. The van der Waals surface area contributed by atoms with Crippen molar-refractivity contribution in [1.82, 2.24) is 14.9 Å². The third-order valence-corrected chi connectivity index (χ3v) is 4.79. The molecule has 1 fully saturated rings. The zero-order valence-electron chi connectivity index (χ0n) is 14.7. The molecule has 0 aliphatic carbocycles. The Morgan fingerprint density at radius 2 is 2.11 bits per heavy atom. The largest absolute Gasteiger partial charge is 0.497 e. The van der Waals surface area contributed by atoms with Crippen molar-refractivity contribution < 1.29 is 9.13 Å². The van der Waals surface area contributed by atoms with Gasteiger partial charge in [0.1, 0.15) is 17.4 Å². The fourth-order valence-corrected chi connectivity index (χ4v) is 3.42. The number of nitrogens with one attached hydrogen (secondary N) is 1. The average molecular weight is 364 g/mol. The second kappa shape index (κ2) is 6.82. The van der Waals surface area contributed by atoms with Crippen LogP contribution in [0.3, 0.4) is 0 Å². The Balaban J connectivity index is 2.02. The quantitative estimate of drug-likeness (QED) is 0.723. The topological polar surface area (TPSA) is 60.5 Å². The van der Waals surface area contributed by atoms with E-state index in [1.165, 1.54) is 16.7 Å². The smallest absolute Gasteiger partial charge is 0.264 e. The summed E-state index contributed by atoms with van der Waals surface area (Å²) in [5.41, 5.74) is 0.402. The van der Waals surface area contributed by atoms with Crippen LogP contribution in [0, 0.1) is 12.4 Å². The lowest BCUT2D eigenvalue weighted by atomic mass is 10.1. The summed E-state index contributed by atoms with van der Waals surface area (Å²) in [5.74, 6) is 0.556. The van der Waals surface area contributed by atoms with E-state index in [4.69, 9.17) is 11.3 Å². The SMILES string of the molecule is [C-]#[N+]c1cc2c(=O)n(-c3ccc(OC)cc3)c([C@H]3CCCN3)nc2cc1F. The summed E-state index contributed by atoms with van der Waals surface area (Å²) in [4.78, 5) is 21.0. The molecule has 0 amide bonds. The van der Waals surface area contributed by atoms with Crippen molar-refractivity contribution in [3.63, 3.8) is 0 Å². The third-order valence-electron chi connectivity index (χ3n) is 4.79. The predicted octanol–water partition coefficient (Wildman–Crippen LogP) is 3.51. The van der Waals surface area contributed by atoms with E-state index in [2.05, 4.69) is 15.1 Å². The lowest BCUT2D eigenvalue weighted by Gasteiger charge is -2.18. The molecule has 1 atom stereocenters. The van der Waals surface area contributed by atoms with Gasteiger partial charge in [0.05, 0.1) is 36.3 Å². The monoisotopic (exact) mass is 364 g/mol. The summed E-state index contributed by atoms with van der Waals surface area (Å²) in [7, 11) is 1.58. The molecule has 2 aromatic carbocycles. The summed E-state index contributed by atoms with van der Waals surface area (Å²) >= 11 is 0. The van der Waals surface area contributed by atoms with Crippen molar-refractivity contribution >= 4 is 16.6 Å². The van der Waals surface area contributed by atoms with Crippen LogP contribution in [0.2, 0.25) is 0 Å². The van der Waals surface area contributed by atoms with Crippen LogP contribution in [-0.4, -0.2) is 23.2 Å². The third kappa shape index (κ3) is 2.94. The molecule has 27 heavy (non-hydrogen) atoms. The molecular formula is C20H17FN4O2. The lowest BCUT2D eigenvalue weighted by molar-refractivity contribution is 0.414. The van der Waals surface area contributed by atoms with Gasteiger partial charge in [-0.05, 0) is 55.8 Å². The lowest BCUT2D eigenvalue weighted by Crippen LogP contribution is -2.28. The Morgan fingerprint density at radius 1 is 1.33 bits per heavy atom. The molecule has 136 valence electrons. The minimum Gasteiger partial charge on any atom is -0.497 e. The van der Waals surface area contributed by atoms with Crippen LogP contribution in [0.15, 0.2) is 41.2 Å². The molecule has 6 nitrogen and oxygen atoms in total. The number of rotatable bonds is 3. The van der Waals surface area contributed by atoms with Gasteiger partial charge in [-0.1, -0.05) is 0 Å². The summed E-state index contributed by atoms with van der Waals surface area (Å²) < 4.78 is 20.8. The number of fused-ring (bicyclic) bond motifs is 1. The fraction of sp³-hybridized carbons (Fsp3) is 0.250. The number of benzene rings is 2. The zero-order chi connectivity index (χ0) is 19.0. The Kier molecular flexibility index (Phi) is 4.34. The number of ether oxygens (including phenoxy) is 1. The molecule has 0 unspecified atom stereocenters. The number of halogens is 1. The summed E-state index contributed by atoms with van der Waals surface area (Å²) in [6.07, 6.45) is 1.82. The molecule has 0 radical (unpaired) electrons. The van der Waals surface area contributed by atoms with Crippen LogP contribution < -0.4 is 15.6 Å². The van der Waals surface area contributed by atoms with Gasteiger partial charge in [-0.2, -0.15) is 0 Å². The highest BCUT2D eigenvalue weighted by atomic mass is 19.1. The molecule has 1 aliphatic heterocycles. The maximum Gasteiger partial charge on any atom is 0.264 e. The van der Waals surface area contributed by atoms with Gasteiger partial charge < -0.3 is 10.1 Å². The van der Waals surface area contributed by atoms with Crippen LogP contribution in [0.5, 0.6) is 5.75 Å². The first-order valence-corrected chi connectivity index (χ1v) is 8.64. The normalized spacial score (nSPS) is 16.4. The van der Waals surface area contributed by atoms with Crippen molar-refractivity contribution in [2.75, 3.05) is 13.7 Å². The standard InChI is InChI=1S/C20H17FN4O2/c1-22-18-10-14-17(11-15(18)21)24-19(16-4-3-9-23-16)25(20(14)26)12-5-7-13(27-2)8-6-12/h5-8,10-11,16,23H,3-4,9H2,2H3/t16-/m1/s1. The summed E-state index contributed by atoms with van der Waals surface area (Å²) in [5, 5.41) is 3.57. The van der Waals surface area contributed by atoms with Crippen molar-refractivity contribution in [2.45, 2.75) is 18.9 Å². The van der Waals surface area contributed by atoms with Gasteiger partial charge in [-0.15, -0.1) is 0 Å². The van der Waals surface area contributed by atoms with Gasteiger partial charge in [0.25, 0.3) is 5.56 Å². The molecule has 4 rings (SSSR count). The molecule has 0 spiro atoms. The minimum absolute atomic E-state index is 0.0900. The van der Waals surface area contributed by atoms with E-state index in [0.717, 1.165) is 19.4 Å². The van der Waals surface area contributed by atoms with Crippen molar-refractivity contribution in [2.24, 2.45) is 0 Å². The maximum absolute atomic E-state index is 14.1. The first-order chi connectivity index (χ1) is 13.1. The van der Waals surface area contributed by atoms with E-state index in [-0.39, 0.29) is 28.2 Å². The van der Waals surface area contributed by atoms with Gasteiger partial charge in [0, 0.05) is 0 Å². The average Bonchev–Trinajstić information content (AvgIpc) is 3.22. The molecule has 0 bridgehead atoms. The van der Waals surface area contributed by atoms with E-state index in [9.17, 15) is 9.18 Å². The molecule has 7 heteroatoms. The molecule has 1 aliphatic rings. The first kappa shape index (κ1) is 17.2. The first-order valence-electron chi connectivity index (χ1n) is 8.64. The Hall–Kier alpha value is -3.24. The highest BCUT2D eigenvalue weighted by Gasteiger charge is 2.24. The molecule has 1 aromatic heterocycles. The zero-order valence-corrected chi connectivity index (χ0v) is 14.7. The van der Waals surface area contributed by atoms with Gasteiger partial charge in [-0.3, -0.25) is 9.36 Å². The highest BCUT2D eigenvalue weighted by Crippen LogP contribution is 2.28. The molecule has 2 heterocycles. The molecular weight excluding hydrogens is 347 g/mol. The molecule has 0 saturated carbocycles. The highest BCUT2D eigenvalue weighted by molar-refractivity contribution is 5.82. The maximum atomic E-state index is 14.1. The van der Waals surface area contributed by atoms with E-state index < -0.39 is 5.82 Å². The number of hydrogen-bond donors (Lipinski definition) is 1. The van der Waals surface area contributed by atoms with Crippen LogP contribution >= 0.6 is 0 Å². The van der Waals surface area contributed by atoms with Gasteiger partial charge in [0.15, 0.2) is 0 Å². The Labute approximate surface area is 155 Å². The van der Waals surface area contributed by atoms with E-state index >= 15 is 0 Å².